The quantitative estimate of drug-likeness (QED) is 0.863. The average molecular weight is 317 g/mol. The predicted molar refractivity (Wildman–Crippen MR) is 94.1 cm³/mol. The molecule has 0 saturated carbocycles. The van der Waals surface area contributed by atoms with Crippen molar-refractivity contribution in [1.29, 1.82) is 0 Å². The first-order valence-corrected chi connectivity index (χ1v) is 7.85. The molecular formula is C18H21ClN2O. The molecule has 116 valence electrons. The first-order valence-electron chi connectivity index (χ1n) is 7.47. The minimum absolute atomic E-state index is 0.152. The highest BCUT2D eigenvalue weighted by Crippen LogP contribution is 2.23. The Morgan fingerprint density at radius 3 is 2.45 bits per heavy atom. The smallest absolute Gasteiger partial charge is 0.255 e. The van der Waals surface area contributed by atoms with Gasteiger partial charge in [-0.15, -0.1) is 0 Å². The first-order chi connectivity index (χ1) is 10.5. The Labute approximate surface area is 136 Å². The second-order valence-corrected chi connectivity index (χ2v) is 5.57. The van der Waals surface area contributed by atoms with E-state index in [-0.39, 0.29) is 5.91 Å². The van der Waals surface area contributed by atoms with Crippen LogP contribution in [0.15, 0.2) is 42.5 Å². The topological polar surface area (TPSA) is 32.3 Å². The summed E-state index contributed by atoms with van der Waals surface area (Å²) in [5.74, 6) is -0.152. The van der Waals surface area contributed by atoms with Crippen molar-refractivity contribution in [3.8, 4) is 0 Å². The zero-order valence-corrected chi connectivity index (χ0v) is 13.9. The second-order valence-electron chi connectivity index (χ2n) is 5.14. The molecule has 2 rings (SSSR count). The number of nitrogens with zero attached hydrogens (tertiary/aromatic N) is 1. The second kappa shape index (κ2) is 7.32. The summed E-state index contributed by atoms with van der Waals surface area (Å²) in [4.78, 5) is 14.5. The third kappa shape index (κ3) is 3.80. The lowest BCUT2D eigenvalue weighted by Gasteiger charge is -2.22. The number of amides is 1. The van der Waals surface area contributed by atoms with Crippen molar-refractivity contribution in [2.24, 2.45) is 0 Å². The van der Waals surface area contributed by atoms with Crippen LogP contribution in [-0.4, -0.2) is 19.0 Å². The summed E-state index contributed by atoms with van der Waals surface area (Å²) in [7, 11) is 0. The van der Waals surface area contributed by atoms with Gasteiger partial charge in [-0.3, -0.25) is 4.79 Å². The summed E-state index contributed by atoms with van der Waals surface area (Å²) in [5.41, 5.74) is 3.59. The van der Waals surface area contributed by atoms with Gasteiger partial charge in [0.1, 0.15) is 0 Å². The molecule has 3 nitrogen and oxygen atoms in total. The number of aryl methyl sites for hydroxylation is 1. The lowest BCUT2D eigenvalue weighted by atomic mass is 10.1. The van der Waals surface area contributed by atoms with E-state index in [2.05, 4.69) is 30.1 Å². The van der Waals surface area contributed by atoms with E-state index in [4.69, 9.17) is 11.6 Å². The number of nitrogens with one attached hydrogen (secondary N) is 1. The van der Waals surface area contributed by atoms with Crippen LogP contribution >= 0.6 is 11.6 Å². The summed E-state index contributed by atoms with van der Waals surface area (Å²) in [6.45, 7) is 8.19. The Kier molecular flexibility index (Phi) is 5.45. The van der Waals surface area contributed by atoms with Crippen molar-refractivity contribution in [3.63, 3.8) is 0 Å². The summed E-state index contributed by atoms with van der Waals surface area (Å²) in [5, 5.41) is 3.50. The van der Waals surface area contributed by atoms with Crippen LogP contribution in [0.2, 0.25) is 5.02 Å². The highest BCUT2D eigenvalue weighted by atomic mass is 35.5. The normalized spacial score (nSPS) is 10.4. The lowest BCUT2D eigenvalue weighted by molar-refractivity contribution is 0.102. The van der Waals surface area contributed by atoms with E-state index in [0.29, 0.717) is 10.6 Å². The third-order valence-electron chi connectivity index (χ3n) is 3.67. The minimum atomic E-state index is -0.152. The number of carbonyl (C=O) groups is 1. The SMILES string of the molecule is CCN(CC)c1ccc(NC(=O)c2cccc(Cl)c2)c(C)c1. The number of anilines is 2. The number of benzene rings is 2. The minimum Gasteiger partial charge on any atom is -0.372 e. The van der Waals surface area contributed by atoms with Gasteiger partial charge in [-0.1, -0.05) is 17.7 Å². The van der Waals surface area contributed by atoms with Crippen molar-refractivity contribution in [2.45, 2.75) is 20.8 Å². The number of rotatable bonds is 5. The molecular weight excluding hydrogens is 296 g/mol. The van der Waals surface area contributed by atoms with Crippen molar-refractivity contribution in [2.75, 3.05) is 23.3 Å². The van der Waals surface area contributed by atoms with Gasteiger partial charge in [-0.05, 0) is 62.7 Å². The summed E-state index contributed by atoms with van der Waals surface area (Å²) >= 11 is 5.93. The Hall–Kier alpha value is -2.00. The van der Waals surface area contributed by atoms with Crippen molar-refractivity contribution in [1.82, 2.24) is 0 Å². The van der Waals surface area contributed by atoms with Crippen LogP contribution in [0.25, 0.3) is 0 Å². The summed E-state index contributed by atoms with van der Waals surface area (Å²) < 4.78 is 0. The van der Waals surface area contributed by atoms with E-state index in [9.17, 15) is 4.79 Å². The van der Waals surface area contributed by atoms with Crippen molar-refractivity contribution < 1.29 is 4.79 Å². The fourth-order valence-electron chi connectivity index (χ4n) is 2.40. The molecule has 2 aromatic carbocycles. The molecule has 0 atom stereocenters. The maximum atomic E-state index is 12.3. The number of hydrogen-bond donors (Lipinski definition) is 1. The first kappa shape index (κ1) is 16.4. The van der Waals surface area contributed by atoms with Gasteiger partial charge in [-0.25, -0.2) is 0 Å². The Morgan fingerprint density at radius 2 is 1.86 bits per heavy atom. The van der Waals surface area contributed by atoms with Gasteiger partial charge in [0.05, 0.1) is 0 Å². The fraction of sp³-hybridized carbons (Fsp3) is 0.278. The molecule has 4 heteroatoms. The average Bonchev–Trinajstić information content (AvgIpc) is 2.51. The van der Waals surface area contributed by atoms with Gasteiger partial charge >= 0.3 is 0 Å². The van der Waals surface area contributed by atoms with Crippen LogP contribution in [0.3, 0.4) is 0 Å². The molecule has 0 aromatic heterocycles. The molecule has 2 aromatic rings. The van der Waals surface area contributed by atoms with Crippen LogP contribution in [0, 0.1) is 6.92 Å². The van der Waals surface area contributed by atoms with Gasteiger partial charge in [0.2, 0.25) is 0 Å². The van der Waals surface area contributed by atoms with E-state index in [1.54, 1.807) is 24.3 Å². The lowest BCUT2D eigenvalue weighted by Crippen LogP contribution is -2.22. The Morgan fingerprint density at radius 1 is 1.14 bits per heavy atom. The molecule has 0 spiro atoms. The highest BCUT2D eigenvalue weighted by molar-refractivity contribution is 6.31. The zero-order chi connectivity index (χ0) is 16.1. The molecule has 0 saturated heterocycles. The molecule has 1 amide bonds. The molecule has 0 bridgehead atoms. The van der Waals surface area contributed by atoms with Crippen LogP contribution < -0.4 is 10.2 Å². The van der Waals surface area contributed by atoms with Crippen LogP contribution in [-0.2, 0) is 0 Å². The van der Waals surface area contributed by atoms with Gasteiger partial charge < -0.3 is 10.2 Å². The maximum Gasteiger partial charge on any atom is 0.255 e. The number of halogens is 1. The van der Waals surface area contributed by atoms with Crippen molar-refractivity contribution >= 4 is 28.9 Å². The van der Waals surface area contributed by atoms with E-state index in [1.807, 2.05) is 19.1 Å². The molecule has 0 aliphatic rings. The fourth-order valence-corrected chi connectivity index (χ4v) is 2.59. The molecule has 0 radical (unpaired) electrons. The molecule has 0 fully saturated rings. The molecule has 0 aliphatic heterocycles. The molecule has 22 heavy (non-hydrogen) atoms. The Balaban J connectivity index is 2.18. The van der Waals surface area contributed by atoms with E-state index in [1.165, 1.54) is 5.69 Å². The summed E-state index contributed by atoms with van der Waals surface area (Å²) in [6.07, 6.45) is 0. The molecule has 0 unspecified atom stereocenters. The summed E-state index contributed by atoms with van der Waals surface area (Å²) in [6, 6.07) is 13.0. The number of hydrogen-bond acceptors (Lipinski definition) is 2. The molecule has 0 aliphatic carbocycles. The van der Waals surface area contributed by atoms with Crippen molar-refractivity contribution in [3.05, 3.63) is 58.6 Å². The van der Waals surface area contributed by atoms with E-state index >= 15 is 0 Å². The van der Waals surface area contributed by atoms with E-state index < -0.39 is 0 Å². The predicted octanol–water partition coefficient (Wildman–Crippen LogP) is 4.75. The molecule has 1 N–H and O–H groups in total. The molecule has 0 heterocycles. The monoisotopic (exact) mass is 316 g/mol. The van der Waals surface area contributed by atoms with Gasteiger partial charge in [0, 0.05) is 35.1 Å². The van der Waals surface area contributed by atoms with Crippen LogP contribution in [0.5, 0.6) is 0 Å². The van der Waals surface area contributed by atoms with Crippen LogP contribution in [0.1, 0.15) is 29.8 Å². The zero-order valence-electron chi connectivity index (χ0n) is 13.2. The van der Waals surface area contributed by atoms with Gasteiger partial charge in [-0.2, -0.15) is 0 Å². The van der Waals surface area contributed by atoms with E-state index in [0.717, 1.165) is 24.3 Å². The van der Waals surface area contributed by atoms with Crippen LogP contribution in [0.4, 0.5) is 11.4 Å². The Bertz CT molecular complexity index is 666. The largest absolute Gasteiger partial charge is 0.372 e. The van der Waals surface area contributed by atoms with Gasteiger partial charge in [0.25, 0.3) is 5.91 Å². The van der Waals surface area contributed by atoms with Gasteiger partial charge in [0.15, 0.2) is 0 Å². The third-order valence-corrected chi connectivity index (χ3v) is 3.91. The standard InChI is InChI=1S/C18H21ClN2O/c1-4-21(5-2)16-9-10-17(13(3)11-16)20-18(22)14-7-6-8-15(19)12-14/h6-12H,4-5H2,1-3H3,(H,20,22). The maximum absolute atomic E-state index is 12.3. The number of carbonyl (C=O) groups excluding carboxylic acids is 1. The highest BCUT2D eigenvalue weighted by Gasteiger charge is 2.10.